The zero-order valence-corrected chi connectivity index (χ0v) is 11.9. The molecule has 0 aromatic heterocycles. The number of phenolic OH excluding ortho intramolecular Hbond substituents is 1. The summed E-state index contributed by atoms with van der Waals surface area (Å²) in [6, 6.07) is 5.25. The molecular formula is C15H22N2O2. The van der Waals surface area contributed by atoms with Crippen LogP contribution < -0.4 is 0 Å². The molecule has 1 aromatic rings. The van der Waals surface area contributed by atoms with E-state index in [0.29, 0.717) is 11.6 Å². The number of aromatic hydroxyl groups is 1. The third-order valence-corrected chi connectivity index (χ3v) is 3.65. The van der Waals surface area contributed by atoms with Crippen LogP contribution in [0.5, 0.6) is 5.75 Å². The van der Waals surface area contributed by atoms with Crippen molar-refractivity contribution in [2.45, 2.75) is 25.8 Å². The summed E-state index contributed by atoms with van der Waals surface area (Å²) < 4.78 is 0. The van der Waals surface area contributed by atoms with Gasteiger partial charge in [-0.15, -0.1) is 0 Å². The third kappa shape index (κ3) is 3.07. The molecule has 0 aliphatic carbocycles. The molecule has 4 heteroatoms. The number of carbonyl (C=O) groups is 1. The van der Waals surface area contributed by atoms with Gasteiger partial charge >= 0.3 is 0 Å². The molecule has 4 nitrogen and oxygen atoms in total. The Kier molecular flexibility index (Phi) is 4.10. The average molecular weight is 262 g/mol. The second-order valence-electron chi connectivity index (χ2n) is 5.56. The fourth-order valence-electron chi connectivity index (χ4n) is 2.76. The predicted octanol–water partition coefficient (Wildman–Crippen LogP) is 1.87. The van der Waals surface area contributed by atoms with E-state index in [1.807, 2.05) is 25.9 Å². The topological polar surface area (TPSA) is 43.8 Å². The van der Waals surface area contributed by atoms with E-state index in [0.717, 1.165) is 31.5 Å². The molecule has 1 atom stereocenters. The van der Waals surface area contributed by atoms with Crippen LogP contribution in [0.1, 0.15) is 28.8 Å². The number of hydrogen-bond donors (Lipinski definition) is 1. The number of aryl methyl sites for hydroxylation is 1. The number of amides is 1. The maximum Gasteiger partial charge on any atom is 0.254 e. The molecule has 0 bridgehead atoms. The van der Waals surface area contributed by atoms with Crippen molar-refractivity contribution in [2.24, 2.45) is 0 Å². The van der Waals surface area contributed by atoms with Crippen LogP contribution in [0, 0.1) is 6.92 Å². The molecule has 0 radical (unpaired) electrons. The Labute approximate surface area is 114 Å². The molecule has 2 rings (SSSR count). The SMILES string of the molecule is Cc1cc(O)ccc1C(=O)N1CCCC1CN(C)C. The minimum absolute atomic E-state index is 0.0850. The van der Waals surface area contributed by atoms with Gasteiger partial charge in [0.15, 0.2) is 0 Å². The fourth-order valence-corrected chi connectivity index (χ4v) is 2.76. The second kappa shape index (κ2) is 5.61. The maximum absolute atomic E-state index is 12.6. The van der Waals surface area contributed by atoms with Gasteiger partial charge in [0.05, 0.1) is 0 Å². The molecule has 0 spiro atoms. The lowest BCUT2D eigenvalue weighted by molar-refractivity contribution is 0.0715. The molecule has 19 heavy (non-hydrogen) atoms. The third-order valence-electron chi connectivity index (χ3n) is 3.65. The summed E-state index contributed by atoms with van der Waals surface area (Å²) in [7, 11) is 4.07. The first kappa shape index (κ1) is 13.9. The highest BCUT2D eigenvalue weighted by atomic mass is 16.3. The van der Waals surface area contributed by atoms with Crippen molar-refractivity contribution in [1.29, 1.82) is 0 Å². The number of likely N-dealkylation sites (N-methyl/N-ethyl adjacent to an activating group) is 1. The van der Waals surface area contributed by atoms with Crippen LogP contribution in [0.2, 0.25) is 0 Å². The Morgan fingerprint density at radius 1 is 1.47 bits per heavy atom. The van der Waals surface area contributed by atoms with E-state index < -0.39 is 0 Å². The number of benzene rings is 1. The van der Waals surface area contributed by atoms with Crippen molar-refractivity contribution in [2.75, 3.05) is 27.2 Å². The molecule has 1 saturated heterocycles. The van der Waals surface area contributed by atoms with Crippen LogP contribution >= 0.6 is 0 Å². The summed E-state index contributed by atoms with van der Waals surface area (Å²) in [5.41, 5.74) is 1.53. The quantitative estimate of drug-likeness (QED) is 0.904. The van der Waals surface area contributed by atoms with Crippen LogP contribution in [0.4, 0.5) is 0 Å². The Morgan fingerprint density at radius 2 is 2.21 bits per heavy atom. The number of hydrogen-bond acceptors (Lipinski definition) is 3. The van der Waals surface area contributed by atoms with Gasteiger partial charge in [0.1, 0.15) is 5.75 Å². The van der Waals surface area contributed by atoms with Crippen molar-refractivity contribution < 1.29 is 9.90 Å². The number of phenols is 1. The molecule has 1 N–H and O–H groups in total. The molecular weight excluding hydrogens is 240 g/mol. The molecule has 1 aromatic carbocycles. The summed E-state index contributed by atoms with van der Waals surface area (Å²) >= 11 is 0. The van der Waals surface area contributed by atoms with Crippen LogP contribution in [0.25, 0.3) is 0 Å². The van der Waals surface area contributed by atoms with E-state index in [-0.39, 0.29) is 11.7 Å². The molecule has 1 unspecified atom stereocenters. The first-order valence-electron chi connectivity index (χ1n) is 6.74. The van der Waals surface area contributed by atoms with Crippen molar-refractivity contribution in [3.8, 4) is 5.75 Å². The van der Waals surface area contributed by atoms with E-state index in [1.165, 1.54) is 0 Å². The van der Waals surface area contributed by atoms with Crippen LogP contribution in [-0.2, 0) is 0 Å². The number of nitrogens with zero attached hydrogens (tertiary/aromatic N) is 2. The summed E-state index contributed by atoms with van der Waals surface area (Å²) in [5.74, 6) is 0.294. The largest absolute Gasteiger partial charge is 0.508 e. The van der Waals surface area contributed by atoms with Gasteiger partial charge in [-0.3, -0.25) is 4.79 Å². The zero-order valence-electron chi connectivity index (χ0n) is 11.9. The number of rotatable bonds is 3. The van der Waals surface area contributed by atoms with E-state index >= 15 is 0 Å². The second-order valence-corrected chi connectivity index (χ2v) is 5.56. The Morgan fingerprint density at radius 3 is 2.84 bits per heavy atom. The fraction of sp³-hybridized carbons (Fsp3) is 0.533. The van der Waals surface area contributed by atoms with E-state index in [1.54, 1.807) is 18.2 Å². The maximum atomic E-state index is 12.6. The first-order chi connectivity index (χ1) is 8.99. The van der Waals surface area contributed by atoms with Crippen LogP contribution in [0.3, 0.4) is 0 Å². The highest BCUT2D eigenvalue weighted by molar-refractivity contribution is 5.96. The molecule has 1 fully saturated rings. The summed E-state index contributed by atoms with van der Waals surface area (Å²) in [4.78, 5) is 16.7. The Hall–Kier alpha value is -1.55. The average Bonchev–Trinajstić information content (AvgIpc) is 2.75. The van der Waals surface area contributed by atoms with Crippen molar-refractivity contribution in [1.82, 2.24) is 9.80 Å². The van der Waals surface area contributed by atoms with Gasteiger partial charge in [-0.1, -0.05) is 0 Å². The summed E-state index contributed by atoms with van der Waals surface area (Å²) in [6.45, 7) is 3.60. The molecule has 1 aliphatic heterocycles. The summed E-state index contributed by atoms with van der Waals surface area (Å²) in [6.07, 6.45) is 2.14. The van der Waals surface area contributed by atoms with Crippen LogP contribution in [-0.4, -0.2) is 54.0 Å². The Bertz CT molecular complexity index is 471. The number of likely N-dealkylation sites (tertiary alicyclic amines) is 1. The van der Waals surface area contributed by atoms with E-state index in [9.17, 15) is 9.90 Å². The van der Waals surface area contributed by atoms with Crippen LogP contribution in [0.15, 0.2) is 18.2 Å². The minimum Gasteiger partial charge on any atom is -0.508 e. The lowest BCUT2D eigenvalue weighted by Crippen LogP contribution is -2.41. The van der Waals surface area contributed by atoms with Crippen molar-refractivity contribution in [3.63, 3.8) is 0 Å². The van der Waals surface area contributed by atoms with Gasteiger partial charge in [0.25, 0.3) is 5.91 Å². The van der Waals surface area contributed by atoms with Gasteiger partial charge in [-0.2, -0.15) is 0 Å². The number of carbonyl (C=O) groups excluding carboxylic acids is 1. The zero-order chi connectivity index (χ0) is 14.0. The van der Waals surface area contributed by atoms with E-state index in [2.05, 4.69) is 4.90 Å². The standard InChI is InChI=1S/C15H22N2O2/c1-11-9-13(18)6-7-14(11)15(19)17-8-4-5-12(17)10-16(2)3/h6-7,9,12,18H,4-5,8,10H2,1-3H3. The van der Waals surface area contributed by atoms with Gasteiger partial charge in [-0.05, 0) is 57.6 Å². The van der Waals surface area contributed by atoms with Gasteiger partial charge < -0.3 is 14.9 Å². The van der Waals surface area contributed by atoms with E-state index in [4.69, 9.17) is 0 Å². The van der Waals surface area contributed by atoms with Gasteiger partial charge in [0.2, 0.25) is 0 Å². The minimum atomic E-state index is 0.0850. The lowest BCUT2D eigenvalue weighted by atomic mass is 10.1. The van der Waals surface area contributed by atoms with Crippen molar-refractivity contribution >= 4 is 5.91 Å². The smallest absolute Gasteiger partial charge is 0.254 e. The molecule has 1 heterocycles. The highest BCUT2D eigenvalue weighted by Gasteiger charge is 2.30. The first-order valence-corrected chi connectivity index (χ1v) is 6.74. The highest BCUT2D eigenvalue weighted by Crippen LogP contribution is 2.23. The molecule has 104 valence electrons. The predicted molar refractivity (Wildman–Crippen MR) is 75.5 cm³/mol. The lowest BCUT2D eigenvalue weighted by Gasteiger charge is -2.27. The normalized spacial score (nSPS) is 19.2. The molecule has 1 amide bonds. The molecule has 0 saturated carbocycles. The molecule has 1 aliphatic rings. The van der Waals surface area contributed by atoms with Gasteiger partial charge in [-0.25, -0.2) is 0 Å². The monoisotopic (exact) mass is 262 g/mol. The van der Waals surface area contributed by atoms with Gasteiger partial charge in [0, 0.05) is 24.7 Å². The van der Waals surface area contributed by atoms with Crippen molar-refractivity contribution in [3.05, 3.63) is 29.3 Å². The summed E-state index contributed by atoms with van der Waals surface area (Å²) in [5, 5.41) is 9.42. The Balaban J connectivity index is 2.18.